The predicted octanol–water partition coefficient (Wildman–Crippen LogP) is -0.150. The number of hydrogen-bond acceptors (Lipinski definition) is 4. The van der Waals surface area contributed by atoms with Crippen molar-refractivity contribution in [2.75, 3.05) is 6.54 Å². The third-order valence-corrected chi connectivity index (χ3v) is 3.34. The van der Waals surface area contributed by atoms with Crippen LogP contribution in [0.5, 0.6) is 0 Å². The maximum absolute atomic E-state index is 11.6. The molecule has 2 rings (SSSR count). The van der Waals surface area contributed by atoms with Crippen LogP contribution in [0.3, 0.4) is 0 Å². The quantitative estimate of drug-likeness (QED) is 0.602. The lowest BCUT2D eigenvalue weighted by Crippen LogP contribution is -2.27. The summed E-state index contributed by atoms with van der Waals surface area (Å²) in [6, 6.07) is 5.07. The Labute approximate surface area is 116 Å². The third kappa shape index (κ3) is 3.15. The Balaban J connectivity index is 2.02. The zero-order valence-electron chi connectivity index (χ0n) is 11.2. The molecule has 0 saturated heterocycles. The second-order valence-electron chi connectivity index (χ2n) is 4.88. The van der Waals surface area contributed by atoms with Crippen molar-refractivity contribution in [2.45, 2.75) is 32.1 Å². The summed E-state index contributed by atoms with van der Waals surface area (Å²) >= 11 is 0. The average Bonchev–Trinajstić information content (AvgIpc) is 2.78. The van der Waals surface area contributed by atoms with Crippen molar-refractivity contribution in [1.29, 1.82) is 0 Å². The Kier molecular flexibility index (Phi) is 4.36. The van der Waals surface area contributed by atoms with Gasteiger partial charge in [0, 0.05) is 25.6 Å². The Morgan fingerprint density at radius 1 is 1.45 bits per heavy atom. The van der Waals surface area contributed by atoms with Gasteiger partial charge >= 0.3 is 0 Å². The highest BCUT2D eigenvalue weighted by Crippen LogP contribution is 2.24. The summed E-state index contributed by atoms with van der Waals surface area (Å²) < 4.78 is 0. The van der Waals surface area contributed by atoms with Gasteiger partial charge in [0.2, 0.25) is 5.91 Å². The van der Waals surface area contributed by atoms with E-state index in [0.717, 1.165) is 5.56 Å². The number of fused-ring (bicyclic) bond motifs is 1. The molecule has 2 unspecified atom stereocenters. The predicted molar refractivity (Wildman–Crippen MR) is 71.9 cm³/mol. The van der Waals surface area contributed by atoms with Crippen molar-refractivity contribution in [1.82, 2.24) is 10.6 Å². The zero-order valence-corrected chi connectivity index (χ0v) is 11.2. The summed E-state index contributed by atoms with van der Waals surface area (Å²) in [6.45, 7) is 2.18. The van der Waals surface area contributed by atoms with Gasteiger partial charge in [-0.25, -0.2) is 0 Å². The molecular formula is C14H18N2O4. The first-order chi connectivity index (χ1) is 9.49. The van der Waals surface area contributed by atoms with Crippen LogP contribution >= 0.6 is 0 Å². The first kappa shape index (κ1) is 14.5. The van der Waals surface area contributed by atoms with Crippen LogP contribution in [0.2, 0.25) is 0 Å². The zero-order chi connectivity index (χ0) is 14.7. The van der Waals surface area contributed by atoms with Crippen LogP contribution in [0.15, 0.2) is 18.2 Å². The van der Waals surface area contributed by atoms with Gasteiger partial charge in [0.05, 0.1) is 6.10 Å². The second kappa shape index (κ2) is 6.02. The number of benzene rings is 1. The molecule has 108 valence electrons. The van der Waals surface area contributed by atoms with Crippen LogP contribution in [0, 0.1) is 0 Å². The van der Waals surface area contributed by atoms with Gasteiger partial charge in [-0.3, -0.25) is 9.59 Å². The van der Waals surface area contributed by atoms with E-state index in [-0.39, 0.29) is 18.2 Å². The summed E-state index contributed by atoms with van der Waals surface area (Å²) in [6.07, 6.45) is -1.84. The van der Waals surface area contributed by atoms with Gasteiger partial charge in [0.15, 0.2) is 0 Å². The van der Waals surface area contributed by atoms with Crippen molar-refractivity contribution >= 4 is 11.8 Å². The average molecular weight is 278 g/mol. The van der Waals surface area contributed by atoms with E-state index in [1.807, 2.05) is 0 Å². The van der Waals surface area contributed by atoms with E-state index in [4.69, 9.17) is 0 Å². The summed E-state index contributed by atoms with van der Waals surface area (Å²) in [5, 5.41) is 25.2. The lowest BCUT2D eigenvalue weighted by atomic mass is 9.98. The molecule has 20 heavy (non-hydrogen) atoms. The molecule has 0 aromatic heterocycles. The summed E-state index contributed by atoms with van der Waals surface area (Å²) in [7, 11) is 0. The molecule has 0 fully saturated rings. The van der Waals surface area contributed by atoms with Gasteiger partial charge in [-0.05, 0) is 23.6 Å². The van der Waals surface area contributed by atoms with Crippen molar-refractivity contribution < 1.29 is 19.8 Å². The maximum Gasteiger partial charge on any atom is 0.251 e. The van der Waals surface area contributed by atoms with E-state index in [2.05, 4.69) is 10.6 Å². The highest BCUT2D eigenvalue weighted by atomic mass is 16.3. The van der Waals surface area contributed by atoms with Gasteiger partial charge in [-0.1, -0.05) is 12.1 Å². The van der Waals surface area contributed by atoms with Crippen LogP contribution in [-0.4, -0.2) is 34.7 Å². The van der Waals surface area contributed by atoms with Gasteiger partial charge in [-0.2, -0.15) is 0 Å². The number of rotatable bonds is 5. The fourth-order valence-electron chi connectivity index (χ4n) is 2.19. The molecule has 2 atom stereocenters. The Morgan fingerprint density at radius 2 is 2.20 bits per heavy atom. The normalized spacial score (nSPS) is 16.2. The topological polar surface area (TPSA) is 98.7 Å². The number of amides is 2. The van der Waals surface area contributed by atoms with Crippen LogP contribution in [0.4, 0.5) is 0 Å². The molecule has 0 radical (unpaired) electrons. The van der Waals surface area contributed by atoms with Crippen LogP contribution in [-0.2, 0) is 11.3 Å². The molecule has 1 aliphatic rings. The molecular weight excluding hydrogens is 260 g/mol. The smallest absolute Gasteiger partial charge is 0.251 e. The van der Waals surface area contributed by atoms with Crippen molar-refractivity contribution in [2.24, 2.45) is 0 Å². The number of hydrogen-bond donors (Lipinski definition) is 4. The minimum Gasteiger partial charge on any atom is -0.390 e. The van der Waals surface area contributed by atoms with E-state index in [9.17, 15) is 19.8 Å². The summed E-state index contributed by atoms with van der Waals surface area (Å²) in [5.74, 6) is -0.345. The molecule has 2 amide bonds. The second-order valence-corrected chi connectivity index (χ2v) is 4.88. The standard InChI is InChI=1S/C14H18N2O4/c1-8(17)15-5-4-12(18)13(19)9-2-3-10-7-16-14(20)11(10)6-9/h2-3,6,12-13,18-19H,4-5,7H2,1H3,(H,15,17)(H,16,20). The maximum atomic E-state index is 11.6. The van der Waals surface area contributed by atoms with Gasteiger partial charge in [-0.15, -0.1) is 0 Å². The van der Waals surface area contributed by atoms with Crippen molar-refractivity contribution in [3.63, 3.8) is 0 Å². The monoisotopic (exact) mass is 278 g/mol. The van der Waals surface area contributed by atoms with Gasteiger partial charge < -0.3 is 20.8 Å². The molecule has 6 nitrogen and oxygen atoms in total. The van der Waals surface area contributed by atoms with E-state index >= 15 is 0 Å². The number of nitrogens with one attached hydrogen (secondary N) is 2. The molecule has 0 bridgehead atoms. The minimum atomic E-state index is -1.08. The Morgan fingerprint density at radius 3 is 2.90 bits per heavy atom. The number of carbonyl (C=O) groups is 2. The fourth-order valence-corrected chi connectivity index (χ4v) is 2.19. The lowest BCUT2D eigenvalue weighted by molar-refractivity contribution is -0.119. The van der Waals surface area contributed by atoms with Crippen LogP contribution < -0.4 is 10.6 Å². The van der Waals surface area contributed by atoms with Crippen LogP contribution in [0.25, 0.3) is 0 Å². The first-order valence-corrected chi connectivity index (χ1v) is 6.50. The van der Waals surface area contributed by atoms with Crippen molar-refractivity contribution in [3.8, 4) is 0 Å². The van der Waals surface area contributed by atoms with E-state index in [0.29, 0.717) is 24.2 Å². The van der Waals surface area contributed by atoms with Gasteiger partial charge in [0.25, 0.3) is 5.91 Å². The number of aliphatic hydroxyl groups is 2. The molecule has 0 saturated carbocycles. The Hall–Kier alpha value is -1.92. The number of aliphatic hydroxyl groups excluding tert-OH is 2. The molecule has 1 aromatic carbocycles. The number of carbonyl (C=O) groups excluding carboxylic acids is 2. The minimum absolute atomic E-state index is 0.165. The van der Waals surface area contributed by atoms with Crippen LogP contribution in [0.1, 0.15) is 40.9 Å². The van der Waals surface area contributed by atoms with E-state index < -0.39 is 12.2 Å². The highest BCUT2D eigenvalue weighted by Gasteiger charge is 2.23. The SMILES string of the molecule is CC(=O)NCCC(O)C(O)c1ccc2c(c1)C(=O)NC2. The molecule has 1 aromatic rings. The summed E-state index contributed by atoms with van der Waals surface area (Å²) in [5.41, 5.74) is 1.92. The molecule has 6 heteroatoms. The fraction of sp³-hybridized carbons (Fsp3) is 0.429. The summed E-state index contributed by atoms with van der Waals surface area (Å²) in [4.78, 5) is 22.3. The molecule has 1 aliphatic heterocycles. The highest BCUT2D eigenvalue weighted by molar-refractivity contribution is 5.98. The molecule has 0 aliphatic carbocycles. The lowest BCUT2D eigenvalue weighted by Gasteiger charge is -2.18. The van der Waals surface area contributed by atoms with Crippen molar-refractivity contribution in [3.05, 3.63) is 34.9 Å². The molecule has 0 spiro atoms. The van der Waals surface area contributed by atoms with E-state index in [1.54, 1.807) is 18.2 Å². The third-order valence-electron chi connectivity index (χ3n) is 3.34. The molecule has 1 heterocycles. The first-order valence-electron chi connectivity index (χ1n) is 6.50. The van der Waals surface area contributed by atoms with Gasteiger partial charge in [0.1, 0.15) is 6.10 Å². The Bertz CT molecular complexity index is 530. The largest absolute Gasteiger partial charge is 0.390 e. The van der Waals surface area contributed by atoms with E-state index in [1.165, 1.54) is 6.92 Å². The molecule has 4 N–H and O–H groups in total.